The van der Waals surface area contributed by atoms with E-state index in [4.69, 9.17) is 10.5 Å². The fourth-order valence-electron chi connectivity index (χ4n) is 2.34. The SMILES string of the molecule is COc1ccccc1N(Cc1ccc(C(=O)CN)cc1F)S(C)(=O)=O. The highest BCUT2D eigenvalue weighted by molar-refractivity contribution is 7.92. The molecule has 0 heterocycles. The van der Waals surface area contributed by atoms with Crippen LogP contribution in [-0.2, 0) is 16.6 Å². The summed E-state index contributed by atoms with van der Waals surface area (Å²) < 4.78 is 45.0. The molecule has 6 nitrogen and oxygen atoms in total. The van der Waals surface area contributed by atoms with Crippen LogP contribution in [0.2, 0.25) is 0 Å². The Morgan fingerprint density at radius 1 is 1.24 bits per heavy atom. The van der Waals surface area contributed by atoms with Crippen molar-refractivity contribution in [1.82, 2.24) is 0 Å². The number of nitrogens with zero attached hydrogens (tertiary/aromatic N) is 1. The Balaban J connectivity index is 2.44. The second-order valence-electron chi connectivity index (χ2n) is 5.37. The maximum Gasteiger partial charge on any atom is 0.232 e. The fourth-order valence-corrected chi connectivity index (χ4v) is 3.22. The van der Waals surface area contributed by atoms with Crippen LogP contribution in [0.1, 0.15) is 15.9 Å². The Morgan fingerprint density at radius 2 is 1.92 bits per heavy atom. The highest BCUT2D eigenvalue weighted by atomic mass is 32.2. The number of ether oxygens (including phenoxy) is 1. The molecule has 0 unspecified atom stereocenters. The Hall–Kier alpha value is -2.45. The first-order valence-electron chi connectivity index (χ1n) is 7.40. The average Bonchev–Trinajstić information content (AvgIpc) is 2.58. The number of hydrogen-bond acceptors (Lipinski definition) is 5. The van der Waals surface area contributed by atoms with Crippen LogP contribution in [0.25, 0.3) is 0 Å². The topological polar surface area (TPSA) is 89.7 Å². The summed E-state index contributed by atoms with van der Waals surface area (Å²) in [6, 6.07) is 10.4. The molecule has 0 atom stereocenters. The average molecular weight is 366 g/mol. The van der Waals surface area contributed by atoms with Gasteiger partial charge in [0.15, 0.2) is 5.78 Å². The third-order valence-electron chi connectivity index (χ3n) is 3.63. The monoisotopic (exact) mass is 366 g/mol. The number of methoxy groups -OCH3 is 1. The minimum Gasteiger partial charge on any atom is -0.495 e. The number of halogens is 1. The van der Waals surface area contributed by atoms with Crippen LogP contribution in [-0.4, -0.2) is 34.1 Å². The van der Waals surface area contributed by atoms with E-state index in [1.165, 1.54) is 19.2 Å². The number of Topliss-reactive ketones (excluding diaryl/α,β-unsaturated/α-hetero) is 1. The van der Waals surface area contributed by atoms with E-state index in [0.29, 0.717) is 11.4 Å². The molecular formula is C17H19FN2O4S. The molecule has 2 aromatic rings. The number of para-hydroxylation sites is 2. The number of rotatable bonds is 7. The summed E-state index contributed by atoms with van der Waals surface area (Å²) in [7, 11) is -2.27. The van der Waals surface area contributed by atoms with Crippen molar-refractivity contribution in [3.05, 3.63) is 59.4 Å². The molecule has 0 aliphatic heterocycles. The van der Waals surface area contributed by atoms with Gasteiger partial charge in [-0.05, 0) is 18.2 Å². The summed E-state index contributed by atoms with van der Waals surface area (Å²) in [5.74, 6) is -0.721. The van der Waals surface area contributed by atoms with Gasteiger partial charge in [-0.3, -0.25) is 9.10 Å². The van der Waals surface area contributed by atoms with E-state index in [1.807, 2.05) is 0 Å². The molecule has 0 saturated carbocycles. The van der Waals surface area contributed by atoms with Gasteiger partial charge in [-0.2, -0.15) is 0 Å². The van der Waals surface area contributed by atoms with E-state index in [2.05, 4.69) is 0 Å². The van der Waals surface area contributed by atoms with Gasteiger partial charge in [0, 0.05) is 11.1 Å². The number of benzene rings is 2. The number of carbonyl (C=O) groups is 1. The highest BCUT2D eigenvalue weighted by Gasteiger charge is 2.22. The molecule has 0 radical (unpaired) electrons. The summed E-state index contributed by atoms with van der Waals surface area (Å²) in [5.41, 5.74) is 5.84. The van der Waals surface area contributed by atoms with Gasteiger partial charge in [0.25, 0.3) is 0 Å². The van der Waals surface area contributed by atoms with Gasteiger partial charge in [-0.25, -0.2) is 12.8 Å². The zero-order valence-electron chi connectivity index (χ0n) is 13.9. The largest absolute Gasteiger partial charge is 0.495 e. The van der Waals surface area contributed by atoms with Crippen LogP contribution in [0.3, 0.4) is 0 Å². The molecule has 2 N–H and O–H groups in total. The molecule has 0 saturated heterocycles. The molecule has 25 heavy (non-hydrogen) atoms. The molecule has 0 aromatic heterocycles. The van der Waals surface area contributed by atoms with E-state index in [1.54, 1.807) is 24.3 Å². The van der Waals surface area contributed by atoms with Crippen LogP contribution in [0.15, 0.2) is 42.5 Å². The third kappa shape index (κ3) is 4.34. The molecule has 0 bridgehead atoms. The Kier molecular flexibility index (Phi) is 5.76. The van der Waals surface area contributed by atoms with Crippen molar-refractivity contribution < 1.29 is 22.3 Å². The maximum atomic E-state index is 14.3. The van der Waals surface area contributed by atoms with Crippen LogP contribution >= 0.6 is 0 Å². The molecular weight excluding hydrogens is 347 g/mol. The van der Waals surface area contributed by atoms with Gasteiger partial charge in [0.1, 0.15) is 11.6 Å². The summed E-state index contributed by atoms with van der Waals surface area (Å²) >= 11 is 0. The molecule has 0 spiro atoms. The molecule has 0 aliphatic carbocycles. The van der Waals surface area contributed by atoms with Crippen LogP contribution in [0.5, 0.6) is 5.75 Å². The molecule has 2 aromatic carbocycles. The number of anilines is 1. The van der Waals surface area contributed by atoms with E-state index in [0.717, 1.165) is 16.6 Å². The minimum atomic E-state index is -3.70. The smallest absolute Gasteiger partial charge is 0.232 e. The predicted molar refractivity (Wildman–Crippen MR) is 93.8 cm³/mol. The van der Waals surface area contributed by atoms with Crippen molar-refractivity contribution in [2.75, 3.05) is 24.2 Å². The van der Waals surface area contributed by atoms with Crippen molar-refractivity contribution in [3.8, 4) is 5.75 Å². The Bertz CT molecular complexity index is 884. The Labute approximate surface area is 146 Å². The zero-order valence-corrected chi connectivity index (χ0v) is 14.7. The molecule has 134 valence electrons. The van der Waals surface area contributed by atoms with Gasteiger partial charge in [0.05, 0.1) is 32.1 Å². The van der Waals surface area contributed by atoms with E-state index in [-0.39, 0.29) is 24.2 Å². The number of hydrogen-bond donors (Lipinski definition) is 1. The van der Waals surface area contributed by atoms with E-state index >= 15 is 0 Å². The second kappa shape index (κ2) is 7.62. The lowest BCUT2D eigenvalue weighted by Crippen LogP contribution is -2.30. The standard InChI is InChI=1S/C17H19FN2O4S/c1-24-17-6-4-3-5-15(17)20(25(2,22)23)11-13-8-7-12(9-14(13)18)16(21)10-19/h3-9H,10-11,19H2,1-2H3. The van der Waals surface area contributed by atoms with Crippen molar-refractivity contribution in [2.45, 2.75) is 6.54 Å². The molecule has 0 fully saturated rings. The summed E-state index contributed by atoms with van der Waals surface area (Å²) in [4.78, 5) is 11.5. The summed E-state index contributed by atoms with van der Waals surface area (Å²) in [6.07, 6.45) is 1.03. The highest BCUT2D eigenvalue weighted by Crippen LogP contribution is 2.31. The van der Waals surface area contributed by atoms with Crippen LogP contribution < -0.4 is 14.8 Å². The van der Waals surface area contributed by atoms with Crippen molar-refractivity contribution in [3.63, 3.8) is 0 Å². The number of carbonyl (C=O) groups excluding carboxylic acids is 1. The van der Waals surface area contributed by atoms with Gasteiger partial charge < -0.3 is 10.5 Å². The number of sulfonamides is 1. The first kappa shape index (κ1) is 18.9. The zero-order chi connectivity index (χ0) is 18.6. The maximum absolute atomic E-state index is 14.3. The predicted octanol–water partition coefficient (Wildman–Crippen LogP) is 1.94. The minimum absolute atomic E-state index is 0.130. The lowest BCUT2D eigenvalue weighted by Gasteiger charge is -2.24. The Morgan fingerprint density at radius 3 is 2.48 bits per heavy atom. The summed E-state index contributed by atoms with van der Waals surface area (Å²) in [5, 5.41) is 0. The van der Waals surface area contributed by atoms with Crippen LogP contribution in [0, 0.1) is 5.82 Å². The van der Waals surface area contributed by atoms with Gasteiger partial charge in [-0.15, -0.1) is 0 Å². The normalized spacial score (nSPS) is 11.2. The van der Waals surface area contributed by atoms with Gasteiger partial charge in [0.2, 0.25) is 10.0 Å². The van der Waals surface area contributed by atoms with E-state index < -0.39 is 21.6 Å². The summed E-state index contributed by atoms with van der Waals surface area (Å²) in [6.45, 7) is -0.461. The molecule has 8 heteroatoms. The van der Waals surface area contributed by atoms with Crippen molar-refractivity contribution in [1.29, 1.82) is 0 Å². The van der Waals surface area contributed by atoms with Crippen molar-refractivity contribution in [2.24, 2.45) is 5.73 Å². The second-order valence-corrected chi connectivity index (χ2v) is 7.28. The quantitative estimate of drug-likeness (QED) is 0.757. The first-order valence-corrected chi connectivity index (χ1v) is 9.25. The first-order chi connectivity index (χ1) is 11.8. The molecule has 0 aliphatic rings. The van der Waals surface area contributed by atoms with Gasteiger partial charge >= 0.3 is 0 Å². The van der Waals surface area contributed by atoms with E-state index in [9.17, 15) is 17.6 Å². The molecule has 0 amide bonds. The van der Waals surface area contributed by atoms with Crippen LogP contribution in [0.4, 0.5) is 10.1 Å². The van der Waals surface area contributed by atoms with Crippen molar-refractivity contribution >= 4 is 21.5 Å². The number of ketones is 1. The fraction of sp³-hybridized carbons (Fsp3) is 0.235. The third-order valence-corrected chi connectivity index (χ3v) is 4.76. The lowest BCUT2D eigenvalue weighted by molar-refractivity contribution is 0.100. The lowest BCUT2D eigenvalue weighted by atomic mass is 10.1. The van der Waals surface area contributed by atoms with Gasteiger partial charge in [-0.1, -0.05) is 24.3 Å². The number of nitrogens with two attached hydrogens (primary N) is 1. The molecule has 2 rings (SSSR count).